The Hall–Kier alpha value is -2.89. The molecule has 3 rings (SSSR count). The molecule has 0 spiro atoms. The summed E-state index contributed by atoms with van der Waals surface area (Å²) in [7, 11) is -9.40. The fourth-order valence-electron chi connectivity index (χ4n) is 2.66. The van der Waals surface area contributed by atoms with E-state index < -0.39 is 25.9 Å². The van der Waals surface area contributed by atoms with Crippen LogP contribution < -0.4 is 0 Å². The van der Waals surface area contributed by atoms with Crippen molar-refractivity contribution in [3.63, 3.8) is 0 Å². The first-order valence-corrected chi connectivity index (χ1v) is 11.2. The highest BCUT2D eigenvalue weighted by atomic mass is 32.3. The lowest BCUT2D eigenvalue weighted by atomic mass is 10.3. The molecule has 0 aliphatic rings. The third-order valence-electron chi connectivity index (χ3n) is 4.04. The summed E-state index contributed by atoms with van der Waals surface area (Å²) < 4.78 is 67.7. The van der Waals surface area contributed by atoms with Gasteiger partial charge >= 0.3 is 15.6 Å². The molecule has 0 radical (unpaired) electrons. The Morgan fingerprint density at radius 3 is 1.10 bits per heavy atom. The average Bonchev–Trinajstić information content (AvgIpc) is 2.67. The first-order chi connectivity index (χ1) is 14.0. The van der Waals surface area contributed by atoms with Crippen LogP contribution in [0.2, 0.25) is 0 Å². The van der Waals surface area contributed by atoms with Crippen LogP contribution >= 0.6 is 10.3 Å². The largest absolute Gasteiger partial charge is 0.572 e. The first kappa shape index (κ1) is 21.8. The Labute approximate surface area is 171 Å². The van der Waals surface area contributed by atoms with E-state index in [2.05, 4.69) is 3.63 Å². The molecule has 0 amide bonds. The van der Waals surface area contributed by atoms with E-state index >= 15 is 0 Å². The fourth-order valence-corrected chi connectivity index (χ4v) is 7.61. The van der Waals surface area contributed by atoms with E-state index in [1.54, 1.807) is 0 Å². The summed E-state index contributed by atoms with van der Waals surface area (Å²) in [5, 5.41) is 28.8. The van der Waals surface area contributed by atoms with E-state index in [4.69, 9.17) is 0 Å². The van der Waals surface area contributed by atoms with Gasteiger partial charge in [-0.15, -0.1) is 8.42 Å². The number of phenolic OH excluding ortho intramolecular Hbond substituents is 3. The Morgan fingerprint density at radius 2 is 0.867 bits per heavy atom. The zero-order chi connectivity index (χ0) is 22.2. The minimum Gasteiger partial charge on any atom is -0.508 e. The highest BCUT2D eigenvalue weighted by Crippen LogP contribution is 2.69. The number of phenols is 3. The molecular formula is C19H16F3O6S2+. The zero-order valence-corrected chi connectivity index (χ0v) is 16.6. The van der Waals surface area contributed by atoms with Crippen molar-refractivity contribution in [3.05, 3.63) is 72.8 Å². The number of rotatable bonds is 5. The SMILES string of the molecule is O=S(=O)([OH+]S(c1ccc(O)cc1)(c1ccc(O)cc1)c1ccc(O)cc1)C(F)(F)F. The second-order valence-electron chi connectivity index (χ2n) is 6.06. The van der Waals surface area contributed by atoms with Crippen molar-refractivity contribution >= 4 is 20.4 Å². The Bertz CT molecular complexity index is 1020. The van der Waals surface area contributed by atoms with E-state index in [0.29, 0.717) is 0 Å². The predicted molar refractivity (Wildman–Crippen MR) is 104 cm³/mol. The molecular weight excluding hydrogens is 445 g/mol. The van der Waals surface area contributed by atoms with Gasteiger partial charge in [0.25, 0.3) is 0 Å². The Kier molecular flexibility index (Phi) is 5.63. The van der Waals surface area contributed by atoms with Gasteiger partial charge in [0.2, 0.25) is 0 Å². The molecule has 6 nitrogen and oxygen atoms in total. The molecule has 3 aromatic rings. The average molecular weight is 461 g/mol. The number of hydrogen-bond acceptors (Lipinski definition) is 5. The maximum atomic E-state index is 13.3. The van der Waals surface area contributed by atoms with Gasteiger partial charge in [-0.3, -0.25) is 3.63 Å². The van der Waals surface area contributed by atoms with Gasteiger partial charge in [0.15, 0.2) is 0 Å². The summed E-state index contributed by atoms with van der Waals surface area (Å²) >= 11 is 0. The van der Waals surface area contributed by atoms with Gasteiger partial charge in [-0.05, 0) is 72.8 Å². The van der Waals surface area contributed by atoms with Gasteiger partial charge < -0.3 is 15.3 Å². The van der Waals surface area contributed by atoms with Crippen LogP contribution in [0.1, 0.15) is 0 Å². The van der Waals surface area contributed by atoms with Crippen molar-refractivity contribution in [2.75, 3.05) is 0 Å². The summed E-state index contributed by atoms with van der Waals surface area (Å²) in [6.07, 6.45) is 0. The highest BCUT2D eigenvalue weighted by molar-refractivity contribution is 8.32. The normalized spacial score (nSPS) is 13.2. The van der Waals surface area contributed by atoms with Crippen LogP contribution in [-0.4, -0.2) is 32.9 Å². The molecule has 0 aromatic heterocycles. The third kappa shape index (κ3) is 4.04. The minimum atomic E-state index is -5.96. The number of hydrogen-bond donors (Lipinski definition) is 3. The predicted octanol–water partition coefficient (Wildman–Crippen LogP) is 4.94. The van der Waals surface area contributed by atoms with Crippen molar-refractivity contribution in [2.24, 2.45) is 0 Å². The van der Waals surface area contributed by atoms with Gasteiger partial charge in [0.05, 0.1) is 25.0 Å². The van der Waals surface area contributed by atoms with Crippen LogP contribution in [0.15, 0.2) is 87.5 Å². The molecule has 0 unspecified atom stereocenters. The summed E-state index contributed by atoms with van der Waals surface area (Å²) in [5.74, 6) is -0.536. The third-order valence-corrected chi connectivity index (χ3v) is 9.16. The van der Waals surface area contributed by atoms with Crippen LogP contribution in [-0.2, 0) is 10.1 Å². The molecule has 3 aromatic carbocycles. The number of aromatic hydroxyl groups is 3. The molecule has 0 saturated heterocycles. The van der Waals surface area contributed by atoms with Gasteiger partial charge in [0.1, 0.15) is 17.2 Å². The van der Waals surface area contributed by atoms with Crippen molar-refractivity contribution in [1.82, 2.24) is 0 Å². The molecule has 0 aliphatic heterocycles. The number of halogens is 3. The maximum Gasteiger partial charge on any atom is 0.572 e. The lowest BCUT2D eigenvalue weighted by Gasteiger charge is -2.34. The first-order valence-electron chi connectivity index (χ1n) is 8.22. The van der Waals surface area contributed by atoms with E-state index in [0.717, 1.165) is 0 Å². The van der Waals surface area contributed by atoms with Gasteiger partial charge in [0, 0.05) is 0 Å². The number of alkyl halides is 3. The second kappa shape index (κ2) is 7.74. The molecule has 0 atom stereocenters. The minimum absolute atomic E-state index is 0.0875. The summed E-state index contributed by atoms with van der Waals surface area (Å²) in [6, 6.07) is 14.9. The highest BCUT2D eigenvalue weighted by Gasteiger charge is 2.57. The van der Waals surface area contributed by atoms with E-state index in [1.807, 2.05) is 0 Å². The van der Waals surface area contributed by atoms with Crippen molar-refractivity contribution in [2.45, 2.75) is 20.2 Å². The van der Waals surface area contributed by atoms with E-state index in [1.165, 1.54) is 72.8 Å². The summed E-state index contributed by atoms with van der Waals surface area (Å²) in [5.41, 5.74) is -5.64. The molecule has 0 aliphatic carbocycles. The van der Waals surface area contributed by atoms with Crippen molar-refractivity contribution in [1.29, 1.82) is 0 Å². The molecule has 0 bridgehead atoms. The summed E-state index contributed by atoms with van der Waals surface area (Å²) in [6.45, 7) is 0. The van der Waals surface area contributed by atoms with Crippen LogP contribution in [0.5, 0.6) is 17.2 Å². The standard InChI is InChI=1S/C19H15F3O6S2/c20-19(21,22)30(26,27)28-29(16-7-1-13(23)2-8-16,17-9-3-14(24)4-10-17)18-11-5-15(25)6-12-18/h1-12,23-25H/p+1. The fraction of sp³-hybridized carbons (Fsp3) is 0.0526. The molecule has 0 heterocycles. The zero-order valence-electron chi connectivity index (χ0n) is 15.0. The lowest BCUT2D eigenvalue weighted by Crippen LogP contribution is -2.30. The Morgan fingerprint density at radius 1 is 0.600 bits per heavy atom. The van der Waals surface area contributed by atoms with Crippen LogP contribution in [0, 0.1) is 0 Å². The second-order valence-corrected chi connectivity index (χ2v) is 10.6. The topological polar surface area (TPSA) is 108 Å². The van der Waals surface area contributed by atoms with Crippen molar-refractivity contribution in [3.8, 4) is 17.2 Å². The molecule has 4 N–H and O–H groups in total. The van der Waals surface area contributed by atoms with Gasteiger partial charge in [-0.2, -0.15) is 13.2 Å². The molecule has 160 valence electrons. The quantitative estimate of drug-likeness (QED) is 0.283. The van der Waals surface area contributed by atoms with Crippen LogP contribution in [0.25, 0.3) is 0 Å². The lowest BCUT2D eigenvalue weighted by molar-refractivity contribution is -0.0540. The van der Waals surface area contributed by atoms with Gasteiger partial charge in [-0.1, -0.05) is 0 Å². The van der Waals surface area contributed by atoms with Crippen molar-refractivity contribution < 1.29 is 40.5 Å². The molecule has 0 saturated carbocycles. The number of benzene rings is 3. The van der Waals surface area contributed by atoms with Crippen LogP contribution in [0.4, 0.5) is 13.2 Å². The summed E-state index contributed by atoms with van der Waals surface area (Å²) in [4.78, 5) is 0.263. The molecule has 30 heavy (non-hydrogen) atoms. The molecule has 11 heteroatoms. The van der Waals surface area contributed by atoms with Gasteiger partial charge in [-0.25, -0.2) is 0 Å². The smallest absolute Gasteiger partial charge is 0.508 e. The van der Waals surface area contributed by atoms with E-state index in [-0.39, 0.29) is 31.9 Å². The Balaban J connectivity index is 2.40. The maximum absolute atomic E-state index is 13.3. The van der Waals surface area contributed by atoms with Crippen LogP contribution in [0.3, 0.4) is 0 Å². The molecule has 0 fully saturated rings. The van der Waals surface area contributed by atoms with E-state index in [9.17, 15) is 36.9 Å². The monoisotopic (exact) mass is 461 g/mol.